The van der Waals surface area contributed by atoms with Gasteiger partial charge in [0.2, 0.25) is 0 Å². The molecule has 48 valence electrons. The van der Waals surface area contributed by atoms with E-state index in [0.29, 0.717) is 11.8 Å². The predicted molar refractivity (Wildman–Crippen MR) is 32.9 cm³/mol. The summed E-state index contributed by atoms with van der Waals surface area (Å²) in [6, 6.07) is 0. The van der Waals surface area contributed by atoms with E-state index in [2.05, 4.69) is 4.99 Å². The molecule has 0 fully saturated rings. The molecule has 9 heavy (non-hydrogen) atoms. The highest BCUT2D eigenvalue weighted by Gasteiger charge is 2.24. The maximum Gasteiger partial charge on any atom is 0.322 e. The number of thioether (sulfide) groups is 1. The van der Waals surface area contributed by atoms with Crippen molar-refractivity contribution in [1.29, 1.82) is 0 Å². The topological polar surface area (TPSA) is 66.7 Å². The van der Waals surface area contributed by atoms with Crippen LogP contribution in [0.25, 0.3) is 0 Å². The summed E-state index contributed by atoms with van der Waals surface area (Å²) in [6.45, 7) is 0. The van der Waals surface area contributed by atoms with Crippen LogP contribution in [-0.2, 0) is 4.79 Å². The van der Waals surface area contributed by atoms with E-state index < -0.39 is 16.5 Å². The summed E-state index contributed by atoms with van der Waals surface area (Å²) >= 11 is 0.713. The highest BCUT2D eigenvalue weighted by molar-refractivity contribution is 8.15. The Morgan fingerprint density at radius 3 is 2.78 bits per heavy atom. The lowest BCUT2D eigenvalue weighted by atomic mass is 10.5. The first-order chi connectivity index (χ1) is 4.20. The van der Waals surface area contributed by atoms with Gasteiger partial charge in [0.25, 0.3) is 0 Å². The molecule has 1 aliphatic rings. The van der Waals surface area contributed by atoms with Gasteiger partial charge in [-0.25, -0.2) is 4.99 Å². The Morgan fingerprint density at radius 1 is 1.89 bits per heavy atom. The first kappa shape index (κ1) is 6.28. The summed E-state index contributed by atoms with van der Waals surface area (Å²) in [4.78, 5) is 23.6. The van der Waals surface area contributed by atoms with Gasteiger partial charge < -0.3 is 5.11 Å². The fourth-order valence-electron chi connectivity index (χ4n) is 0.412. The second-order valence-corrected chi connectivity index (χ2v) is 2.51. The van der Waals surface area contributed by atoms with E-state index in [1.807, 2.05) is 0 Å². The van der Waals surface area contributed by atoms with Gasteiger partial charge in [0.05, 0.1) is 0 Å². The first-order valence-electron chi connectivity index (χ1n) is 2.18. The molecule has 1 atom stereocenters. The van der Waals surface area contributed by atoms with Gasteiger partial charge in [-0.1, -0.05) is 0 Å². The first-order valence-corrected chi connectivity index (χ1v) is 3.06. The number of hydrogen-bond donors (Lipinski definition) is 1. The molecule has 0 aliphatic carbocycles. The van der Waals surface area contributed by atoms with Crippen molar-refractivity contribution in [3.8, 4) is 0 Å². The fourth-order valence-corrected chi connectivity index (χ4v) is 0.974. The average Bonchev–Trinajstić information content (AvgIpc) is 2.14. The SMILES string of the molecule is O=C1N=CC(C(=O)O)S1. The molecule has 0 aromatic rings. The molecule has 1 unspecified atom stereocenters. The molecule has 0 radical (unpaired) electrons. The molecule has 0 saturated heterocycles. The van der Waals surface area contributed by atoms with Crippen molar-refractivity contribution in [2.75, 3.05) is 0 Å². The number of carboxylic acid groups (broad SMARTS) is 1. The summed E-state index contributed by atoms with van der Waals surface area (Å²) in [5, 5.41) is 7.07. The maximum atomic E-state index is 10.3. The minimum atomic E-state index is -1.02. The van der Waals surface area contributed by atoms with Gasteiger partial charge in [-0.2, -0.15) is 0 Å². The maximum absolute atomic E-state index is 10.3. The van der Waals surface area contributed by atoms with Crippen molar-refractivity contribution >= 4 is 29.2 Å². The summed E-state index contributed by atoms with van der Waals surface area (Å²) in [5.74, 6) is -1.02. The lowest BCUT2D eigenvalue weighted by Gasteiger charge is -1.91. The molecule has 0 aromatic heterocycles. The molecule has 1 amide bonds. The zero-order valence-corrected chi connectivity index (χ0v) is 5.09. The van der Waals surface area contributed by atoms with E-state index in [0.717, 1.165) is 6.21 Å². The molecule has 0 aromatic carbocycles. The number of carboxylic acids is 1. The minimum Gasteiger partial charge on any atom is -0.480 e. The minimum absolute atomic E-state index is 0.428. The van der Waals surface area contributed by atoms with E-state index in [1.54, 1.807) is 0 Å². The second-order valence-electron chi connectivity index (χ2n) is 1.42. The number of aliphatic imine (C=N–C) groups is 1. The van der Waals surface area contributed by atoms with Crippen molar-refractivity contribution < 1.29 is 14.7 Å². The molecule has 1 heterocycles. The van der Waals surface area contributed by atoms with Crippen LogP contribution in [0.15, 0.2) is 4.99 Å². The Labute approximate surface area is 55.0 Å². The fraction of sp³-hybridized carbons (Fsp3) is 0.250. The second kappa shape index (κ2) is 2.18. The number of carbonyl (C=O) groups excluding carboxylic acids is 1. The van der Waals surface area contributed by atoms with Crippen molar-refractivity contribution in [2.45, 2.75) is 5.25 Å². The van der Waals surface area contributed by atoms with E-state index in [1.165, 1.54) is 0 Å². The van der Waals surface area contributed by atoms with Crippen molar-refractivity contribution in [2.24, 2.45) is 4.99 Å². The average molecular weight is 145 g/mol. The molecular weight excluding hydrogens is 142 g/mol. The Kier molecular flexibility index (Phi) is 1.52. The number of rotatable bonds is 1. The quantitative estimate of drug-likeness (QED) is 0.579. The van der Waals surface area contributed by atoms with Crippen LogP contribution in [0.5, 0.6) is 0 Å². The van der Waals surface area contributed by atoms with Crippen molar-refractivity contribution in [3.05, 3.63) is 0 Å². The Morgan fingerprint density at radius 2 is 2.56 bits per heavy atom. The van der Waals surface area contributed by atoms with E-state index in [-0.39, 0.29) is 0 Å². The summed E-state index contributed by atoms with van der Waals surface area (Å²) in [7, 11) is 0. The normalized spacial score (nSPS) is 24.9. The van der Waals surface area contributed by atoms with Gasteiger partial charge in [-0.3, -0.25) is 9.59 Å². The third-order valence-corrected chi connectivity index (χ3v) is 1.67. The lowest BCUT2D eigenvalue weighted by Crippen LogP contribution is -2.14. The van der Waals surface area contributed by atoms with Gasteiger partial charge in [-0.05, 0) is 11.8 Å². The van der Waals surface area contributed by atoms with E-state index in [9.17, 15) is 9.59 Å². The standard InChI is InChI=1S/C4H3NO3S/c6-3(7)2-1-5-4(8)9-2/h1-2H,(H,6,7). The highest BCUT2D eigenvalue weighted by atomic mass is 32.2. The van der Waals surface area contributed by atoms with Crippen LogP contribution in [0.1, 0.15) is 0 Å². The number of amides is 1. The van der Waals surface area contributed by atoms with Gasteiger partial charge in [-0.15, -0.1) is 0 Å². The van der Waals surface area contributed by atoms with Crippen molar-refractivity contribution in [1.82, 2.24) is 0 Å². The molecule has 1 N–H and O–H groups in total. The smallest absolute Gasteiger partial charge is 0.322 e. The Bertz CT molecular complexity index is 188. The van der Waals surface area contributed by atoms with Gasteiger partial charge in [0.1, 0.15) is 5.25 Å². The summed E-state index contributed by atoms with van der Waals surface area (Å²) < 4.78 is 0. The third-order valence-electron chi connectivity index (χ3n) is 0.787. The number of aliphatic carboxylic acids is 1. The number of carbonyl (C=O) groups is 2. The molecular formula is C4H3NO3S. The number of nitrogens with zero attached hydrogens (tertiary/aromatic N) is 1. The molecule has 0 spiro atoms. The predicted octanol–water partition coefficient (Wildman–Crippen LogP) is 0.377. The molecule has 0 bridgehead atoms. The van der Waals surface area contributed by atoms with E-state index >= 15 is 0 Å². The largest absolute Gasteiger partial charge is 0.480 e. The third kappa shape index (κ3) is 1.29. The van der Waals surface area contributed by atoms with Gasteiger partial charge >= 0.3 is 11.2 Å². The van der Waals surface area contributed by atoms with Crippen LogP contribution in [0.3, 0.4) is 0 Å². The lowest BCUT2D eigenvalue weighted by molar-refractivity contribution is -0.134. The summed E-state index contributed by atoms with van der Waals surface area (Å²) in [6.07, 6.45) is 1.13. The molecule has 1 rings (SSSR count). The Hall–Kier alpha value is -0.840. The molecule has 5 heteroatoms. The van der Waals surface area contributed by atoms with Crippen LogP contribution in [0.4, 0.5) is 4.79 Å². The Balaban J connectivity index is 2.60. The highest BCUT2D eigenvalue weighted by Crippen LogP contribution is 2.17. The summed E-state index contributed by atoms with van der Waals surface area (Å²) in [5.41, 5.74) is 0. The van der Waals surface area contributed by atoms with E-state index in [4.69, 9.17) is 5.11 Å². The van der Waals surface area contributed by atoms with Crippen LogP contribution in [0.2, 0.25) is 0 Å². The van der Waals surface area contributed by atoms with Crippen molar-refractivity contribution in [3.63, 3.8) is 0 Å². The van der Waals surface area contributed by atoms with Crippen LogP contribution >= 0.6 is 11.8 Å². The van der Waals surface area contributed by atoms with Crippen LogP contribution in [0, 0.1) is 0 Å². The zero-order chi connectivity index (χ0) is 6.85. The van der Waals surface area contributed by atoms with Crippen LogP contribution in [-0.4, -0.2) is 27.8 Å². The molecule has 0 saturated carbocycles. The zero-order valence-electron chi connectivity index (χ0n) is 4.27. The molecule has 1 aliphatic heterocycles. The van der Waals surface area contributed by atoms with Gasteiger partial charge in [0, 0.05) is 6.21 Å². The monoisotopic (exact) mass is 145 g/mol. The number of hydrogen-bond acceptors (Lipinski definition) is 3. The molecule has 4 nitrogen and oxygen atoms in total. The van der Waals surface area contributed by atoms with Gasteiger partial charge in [0.15, 0.2) is 0 Å². The van der Waals surface area contributed by atoms with Crippen LogP contribution < -0.4 is 0 Å².